The molecule has 5 nitrogen and oxygen atoms in total. The molecule has 1 fully saturated rings. The van der Waals surface area contributed by atoms with Gasteiger partial charge in [-0.1, -0.05) is 0 Å². The van der Waals surface area contributed by atoms with E-state index in [1.54, 1.807) is 0 Å². The highest BCUT2D eigenvalue weighted by Gasteiger charge is 2.29. The fourth-order valence-corrected chi connectivity index (χ4v) is 3.00. The fourth-order valence-electron chi connectivity index (χ4n) is 1.12. The number of halogens is 1. The van der Waals surface area contributed by atoms with Gasteiger partial charge in [0.1, 0.15) is 4.90 Å². The molecule has 0 saturated heterocycles. The monoisotopic (exact) mass is 292 g/mol. The molecule has 7 heteroatoms. The second-order valence-electron chi connectivity index (χ2n) is 3.41. The number of hydrogen-bond donors (Lipinski definition) is 2. The van der Waals surface area contributed by atoms with Crippen molar-refractivity contribution in [1.29, 1.82) is 0 Å². The number of aromatic nitrogens is 1. The summed E-state index contributed by atoms with van der Waals surface area (Å²) in [4.78, 5) is 13.4. The average Bonchev–Trinajstić information content (AvgIpc) is 2.92. The van der Waals surface area contributed by atoms with Gasteiger partial charge in [-0.25, -0.2) is 13.1 Å². The molecule has 0 unspecified atom stereocenters. The predicted molar refractivity (Wildman–Crippen MR) is 58.1 cm³/mol. The summed E-state index contributed by atoms with van der Waals surface area (Å²) in [6.45, 7) is 0. The van der Waals surface area contributed by atoms with E-state index in [0.717, 1.165) is 12.8 Å². The Kier molecular flexibility index (Phi) is 2.70. The normalized spacial score (nSPS) is 16.6. The summed E-state index contributed by atoms with van der Waals surface area (Å²) < 4.78 is 26.4. The Morgan fingerprint density at radius 1 is 1.47 bits per heavy atom. The molecule has 1 aliphatic rings. The van der Waals surface area contributed by atoms with E-state index in [2.05, 4.69) is 25.6 Å². The van der Waals surface area contributed by atoms with Gasteiger partial charge in [0, 0.05) is 16.7 Å². The zero-order valence-electron chi connectivity index (χ0n) is 7.66. The van der Waals surface area contributed by atoms with Crippen molar-refractivity contribution in [3.63, 3.8) is 0 Å². The lowest BCUT2D eigenvalue weighted by molar-refractivity contribution is 0.579. The van der Waals surface area contributed by atoms with Crippen LogP contribution in [0.5, 0.6) is 0 Å². The maximum Gasteiger partial charge on any atom is 0.268 e. The summed E-state index contributed by atoms with van der Waals surface area (Å²) in [6.07, 6.45) is 3.08. The molecule has 0 spiro atoms. The predicted octanol–water partition coefficient (Wildman–Crippen LogP) is 0.578. The van der Waals surface area contributed by atoms with E-state index < -0.39 is 15.6 Å². The molecular formula is C8H9BrN2O3S. The summed E-state index contributed by atoms with van der Waals surface area (Å²) in [5, 5.41) is 0. The van der Waals surface area contributed by atoms with Crippen LogP contribution in [-0.4, -0.2) is 19.4 Å². The molecule has 1 heterocycles. The fraction of sp³-hybridized carbons (Fsp3) is 0.375. The first kappa shape index (κ1) is 10.8. The van der Waals surface area contributed by atoms with Crippen molar-refractivity contribution in [2.45, 2.75) is 23.8 Å². The van der Waals surface area contributed by atoms with Crippen LogP contribution in [0.4, 0.5) is 0 Å². The SMILES string of the molecule is O=c1[nH]cc(Br)cc1S(=O)(=O)NC1CC1. The van der Waals surface area contributed by atoms with Crippen LogP contribution in [0.3, 0.4) is 0 Å². The van der Waals surface area contributed by atoms with Gasteiger partial charge in [-0.05, 0) is 34.8 Å². The number of H-pyrrole nitrogens is 1. The number of nitrogens with one attached hydrogen (secondary N) is 2. The van der Waals surface area contributed by atoms with Crippen LogP contribution < -0.4 is 10.3 Å². The van der Waals surface area contributed by atoms with Crippen LogP contribution in [0.1, 0.15) is 12.8 Å². The molecule has 0 amide bonds. The van der Waals surface area contributed by atoms with Gasteiger partial charge in [0.2, 0.25) is 10.0 Å². The highest BCUT2D eigenvalue weighted by atomic mass is 79.9. The van der Waals surface area contributed by atoms with E-state index in [-0.39, 0.29) is 10.9 Å². The minimum Gasteiger partial charge on any atom is -0.327 e. The summed E-state index contributed by atoms with van der Waals surface area (Å²) in [7, 11) is -3.67. The Morgan fingerprint density at radius 2 is 2.13 bits per heavy atom. The molecule has 82 valence electrons. The number of aromatic amines is 1. The van der Waals surface area contributed by atoms with Crippen LogP contribution in [0.2, 0.25) is 0 Å². The number of sulfonamides is 1. The Balaban J connectivity index is 2.42. The van der Waals surface area contributed by atoms with Gasteiger partial charge in [0.25, 0.3) is 5.56 Å². The lowest BCUT2D eigenvalue weighted by atomic mass is 10.5. The van der Waals surface area contributed by atoms with E-state index in [1.807, 2.05) is 0 Å². The summed E-state index contributed by atoms with van der Waals surface area (Å²) in [6, 6.07) is 1.29. The van der Waals surface area contributed by atoms with Gasteiger partial charge < -0.3 is 4.98 Å². The van der Waals surface area contributed by atoms with Crippen molar-refractivity contribution >= 4 is 26.0 Å². The van der Waals surface area contributed by atoms with Crippen LogP contribution in [0, 0.1) is 0 Å². The molecule has 0 aliphatic heterocycles. The zero-order valence-corrected chi connectivity index (χ0v) is 10.1. The van der Waals surface area contributed by atoms with Crippen molar-refractivity contribution in [3.05, 3.63) is 27.1 Å². The quantitative estimate of drug-likeness (QED) is 0.855. The van der Waals surface area contributed by atoms with E-state index >= 15 is 0 Å². The van der Waals surface area contributed by atoms with Crippen LogP contribution in [-0.2, 0) is 10.0 Å². The Labute approximate surface area is 95.1 Å². The van der Waals surface area contributed by atoms with Crippen molar-refractivity contribution in [1.82, 2.24) is 9.71 Å². The number of hydrogen-bond acceptors (Lipinski definition) is 3. The molecule has 0 atom stereocenters. The van der Waals surface area contributed by atoms with Gasteiger partial charge in [-0.2, -0.15) is 0 Å². The third kappa shape index (κ3) is 2.47. The second-order valence-corrected chi connectivity index (χ2v) is 6.00. The molecule has 15 heavy (non-hydrogen) atoms. The topological polar surface area (TPSA) is 79.0 Å². The van der Waals surface area contributed by atoms with Gasteiger partial charge in [-0.15, -0.1) is 0 Å². The number of pyridine rings is 1. The second kappa shape index (κ2) is 3.73. The highest BCUT2D eigenvalue weighted by Crippen LogP contribution is 2.21. The first-order chi connectivity index (χ1) is 6.99. The van der Waals surface area contributed by atoms with E-state index in [0.29, 0.717) is 4.47 Å². The molecule has 2 N–H and O–H groups in total. The van der Waals surface area contributed by atoms with Gasteiger partial charge in [0.15, 0.2) is 0 Å². The lowest BCUT2D eigenvalue weighted by Crippen LogP contribution is -2.30. The van der Waals surface area contributed by atoms with Gasteiger partial charge >= 0.3 is 0 Å². The molecule has 1 saturated carbocycles. The van der Waals surface area contributed by atoms with Gasteiger partial charge in [0.05, 0.1) is 0 Å². The molecule has 1 aromatic rings. The molecule has 0 bridgehead atoms. The number of rotatable bonds is 3. The van der Waals surface area contributed by atoms with Crippen molar-refractivity contribution in [2.24, 2.45) is 0 Å². The minimum atomic E-state index is -3.67. The van der Waals surface area contributed by atoms with Crippen molar-refractivity contribution in [2.75, 3.05) is 0 Å². The molecule has 2 rings (SSSR count). The van der Waals surface area contributed by atoms with E-state index in [9.17, 15) is 13.2 Å². The van der Waals surface area contributed by atoms with Crippen molar-refractivity contribution < 1.29 is 8.42 Å². The average molecular weight is 293 g/mol. The minimum absolute atomic E-state index is 0.00613. The van der Waals surface area contributed by atoms with E-state index in [1.165, 1.54) is 12.3 Å². The molecule has 1 aliphatic carbocycles. The van der Waals surface area contributed by atoms with Gasteiger partial charge in [-0.3, -0.25) is 4.79 Å². The largest absolute Gasteiger partial charge is 0.327 e. The van der Waals surface area contributed by atoms with Crippen LogP contribution in [0.15, 0.2) is 26.4 Å². The summed E-state index contributed by atoms with van der Waals surface area (Å²) in [5.74, 6) is 0. The summed E-state index contributed by atoms with van der Waals surface area (Å²) >= 11 is 3.11. The smallest absolute Gasteiger partial charge is 0.268 e. The lowest BCUT2D eigenvalue weighted by Gasteiger charge is -2.04. The highest BCUT2D eigenvalue weighted by molar-refractivity contribution is 9.10. The Morgan fingerprint density at radius 3 is 2.73 bits per heavy atom. The third-order valence-corrected chi connectivity index (χ3v) is 4.01. The molecule has 1 aromatic heterocycles. The first-order valence-corrected chi connectivity index (χ1v) is 6.67. The molecular weight excluding hydrogens is 284 g/mol. The van der Waals surface area contributed by atoms with Crippen molar-refractivity contribution in [3.8, 4) is 0 Å². The standard InChI is InChI=1S/C8H9BrN2O3S/c9-5-3-7(8(12)10-4-5)15(13,14)11-6-1-2-6/h3-4,6,11H,1-2H2,(H,10,12). The molecule has 0 aromatic carbocycles. The maximum atomic E-state index is 11.7. The van der Waals surface area contributed by atoms with Crippen LogP contribution in [0.25, 0.3) is 0 Å². The first-order valence-electron chi connectivity index (χ1n) is 4.39. The Bertz CT molecular complexity index is 533. The third-order valence-electron chi connectivity index (χ3n) is 2.02. The maximum absolute atomic E-state index is 11.7. The zero-order chi connectivity index (χ0) is 11.1. The van der Waals surface area contributed by atoms with Crippen LogP contribution >= 0.6 is 15.9 Å². The Hall–Kier alpha value is -0.660. The molecule has 0 radical (unpaired) electrons. The summed E-state index contributed by atoms with van der Waals surface area (Å²) in [5.41, 5.74) is -0.605. The van der Waals surface area contributed by atoms with E-state index in [4.69, 9.17) is 0 Å².